The van der Waals surface area contributed by atoms with Gasteiger partial charge in [0.05, 0.1) is 10.6 Å². The first-order valence-corrected chi connectivity index (χ1v) is 8.85. The van der Waals surface area contributed by atoms with Crippen LogP contribution in [0.15, 0.2) is 65.6 Å². The lowest BCUT2D eigenvalue weighted by Crippen LogP contribution is -2.26. The summed E-state index contributed by atoms with van der Waals surface area (Å²) in [4.78, 5) is 12.2. The van der Waals surface area contributed by atoms with E-state index in [1.165, 1.54) is 11.4 Å². The zero-order chi connectivity index (χ0) is 16.9. The van der Waals surface area contributed by atoms with E-state index < -0.39 is 10.0 Å². The van der Waals surface area contributed by atoms with Crippen molar-refractivity contribution in [3.8, 4) is 0 Å². The van der Waals surface area contributed by atoms with Crippen molar-refractivity contribution in [1.82, 2.24) is 0 Å². The number of carbonyl (C=O) groups is 1. The van der Waals surface area contributed by atoms with E-state index in [2.05, 4.69) is 5.32 Å². The minimum absolute atomic E-state index is 0.186. The summed E-state index contributed by atoms with van der Waals surface area (Å²) in [6, 6.07) is 17.2. The van der Waals surface area contributed by atoms with Crippen molar-refractivity contribution in [3.63, 3.8) is 0 Å². The Morgan fingerprint density at radius 1 is 0.917 bits per heavy atom. The predicted molar refractivity (Wildman–Crippen MR) is 93.9 cm³/mol. The van der Waals surface area contributed by atoms with Crippen LogP contribution in [0.3, 0.4) is 0 Å². The van der Waals surface area contributed by atoms with Crippen molar-refractivity contribution in [1.29, 1.82) is 0 Å². The maximum absolute atomic E-state index is 13.1. The van der Waals surface area contributed by atoms with Crippen LogP contribution in [-0.4, -0.2) is 21.4 Å². The van der Waals surface area contributed by atoms with E-state index in [-0.39, 0.29) is 10.8 Å². The maximum atomic E-state index is 13.1. The average molecular weight is 338 g/mol. The number of nitrogens with one attached hydrogen (secondary N) is 1. The Kier molecular flexibility index (Phi) is 3.11. The molecule has 1 amide bonds. The molecule has 0 saturated carbocycles. The molecule has 5 nitrogen and oxygen atoms in total. The number of carbonyl (C=O) groups excluding carboxylic acids is 1. The second kappa shape index (κ2) is 5.07. The first-order valence-electron chi connectivity index (χ1n) is 7.41. The summed E-state index contributed by atoms with van der Waals surface area (Å²) >= 11 is 0. The van der Waals surface area contributed by atoms with E-state index in [9.17, 15) is 13.2 Å². The molecule has 0 radical (unpaired) electrons. The van der Waals surface area contributed by atoms with Gasteiger partial charge < -0.3 is 5.32 Å². The van der Waals surface area contributed by atoms with E-state index in [0.717, 1.165) is 0 Å². The Morgan fingerprint density at radius 2 is 1.67 bits per heavy atom. The Balaban J connectivity index is 1.95. The van der Waals surface area contributed by atoms with Crippen molar-refractivity contribution in [3.05, 3.63) is 66.2 Å². The average Bonchev–Trinajstić information content (AvgIpc) is 2.93. The molecule has 24 heavy (non-hydrogen) atoms. The number of amides is 1. The molecule has 0 spiro atoms. The quantitative estimate of drug-likeness (QED) is 0.797. The predicted octanol–water partition coefficient (Wildman–Crippen LogP) is 3.23. The van der Waals surface area contributed by atoms with E-state index in [1.807, 2.05) is 6.07 Å². The van der Waals surface area contributed by atoms with Crippen LogP contribution in [-0.2, 0) is 10.0 Å². The number of hydrogen-bond donors (Lipinski definition) is 1. The van der Waals surface area contributed by atoms with Gasteiger partial charge in [-0.1, -0.05) is 30.3 Å². The van der Waals surface area contributed by atoms with Gasteiger partial charge >= 0.3 is 0 Å². The van der Waals surface area contributed by atoms with Gasteiger partial charge in [-0.2, -0.15) is 0 Å². The van der Waals surface area contributed by atoms with Crippen molar-refractivity contribution in [2.24, 2.45) is 0 Å². The number of para-hydroxylation sites is 1. The molecular formula is C18H14N2O3S. The maximum Gasteiger partial charge on any atom is 0.264 e. The van der Waals surface area contributed by atoms with Crippen LogP contribution in [0.25, 0.3) is 10.8 Å². The Labute approximate surface area is 139 Å². The molecular weight excluding hydrogens is 324 g/mol. The molecule has 3 aromatic rings. The monoisotopic (exact) mass is 338 g/mol. The fourth-order valence-corrected chi connectivity index (χ4v) is 4.39. The number of anilines is 2. The highest BCUT2D eigenvalue weighted by molar-refractivity contribution is 7.93. The lowest BCUT2D eigenvalue weighted by atomic mass is 10.1. The summed E-state index contributed by atoms with van der Waals surface area (Å²) in [6.45, 7) is 0. The zero-order valence-corrected chi connectivity index (χ0v) is 13.7. The fourth-order valence-electron chi connectivity index (χ4n) is 3.01. The van der Waals surface area contributed by atoms with Crippen LogP contribution < -0.4 is 9.62 Å². The number of rotatable bonds is 3. The largest absolute Gasteiger partial charge is 0.321 e. The number of hydrogen-bond acceptors (Lipinski definition) is 3. The topological polar surface area (TPSA) is 66.5 Å². The van der Waals surface area contributed by atoms with Gasteiger partial charge in [0.25, 0.3) is 15.9 Å². The van der Waals surface area contributed by atoms with Gasteiger partial charge in [-0.05, 0) is 30.3 Å². The summed E-state index contributed by atoms with van der Waals surface area (Å²) < 4.78 is 27.4. The van der Waals surface area contributed by atoms with Crippen molar-refractivity contribution < 1.29 is 13.2 Å². The third kappa shape index (κ3) is 2.00. The minimum Gasteiger partial charge on any atom is -0.321 e. The van der Waals surface area contributed by atoms with Gasteiger partial charge in [0.1, 0.15) is 0 Å². The first kappa shape index (κ1) is 14.7. The van der Waals surface area contributed by atoms with Crippen LogP contribution >= 0.6 is 0 Å². The third-order valence-electron chi connectivity index (χ3n) is 4.25. The molecule has 0 bridgehead atoms. The highest BCUT2D eigenvalue weighted by Crippen LogP contribution is 2.37. The second-order valence-electron chi connectivity index (χ2n) is 5.60. The lowest BCUT2D eigenvalue weighted by Gasteiger charge is -2.20. The summed E-state index contributed by atoms with van der Waals surface area (Å²) in [5.74, 6) is -0.207. The Morgan fingerprint density at radius 3 is 2.42 bits per heavy atom. The van der Waals surface area contributed by atoms with Crippen molar-refractivity contribution in [2.75, 3.05) is 16.7 Å². The molecule has 0 unspecified atom stereocenters. The highest BCUT2D eigenvalue weighted by atomic mass is 32.2. The highest BCUT2D eigenvalue weighted by Gasteiger charge is 2.28. The van der Waals surface area contributed by atoms with E-state index in [0.29, 0.717) is 27.7 Å². The molecule has 3 aromatic carbocycles. The fraction of sp³-hybridized carbons (Fsp3) is 0.0556. The van der Waals surface area contributed by atoms with Gasteiger partial charge in [0.15, 0.2) is 0 Å². The van der Waals surface area contributed by atoms with Gasteiger partial charge in [0.2, 0.25) is 0 Å². The van der Waals surface area contributed by atoms with Gasteiger partial charge in [-0.25, -0.2) is 8.42 Å². The standard InChI is InChI=1S/C18H14N2O3S/c1-20(12-6-3-2-4-7-12)24(22,23)16-11-10-15-17-13(16)8-5-9-14(17)18(21)19-15/h2-11H,1H3,(H,19,21). The Hall–Kier alpha value is -2.86. The van der Waals surface area contributed by atoms with Crippen LogP contribution in [0.5, 0.6) is 0 Å². The molecule has 6 heteroatoms. The van der Waals surface area contributed by atoms with Gasteiger partial charge in [-0.3, -0.25) is 9.10 Å². The van der Waals surface area contributed by atoms with Crippen LogP contribution in [0.2, 0.25) is 0 Å². The van der Waals surface area contributed by atoms with Crippen LogP contribution in [0.1, 0.15) is 10.4 Å². The summed E-state index contributed by atoms with van der Waals surface area (Å²) in [6.07, 6.45) is 0. The molecule has 1 aliphatic heterocycles. The number of sulfonamides is 1. The SMILES string of the molecule is CN(c1ccccc1)S(=O)(=O)c1ccc2c3c(cccc13)C(=O)N2. The number of benzene rings is 3. The lowest BCUT2D eigenvalue weighted by molar-refractivity contribution is 0.103. The summed E-state index contributed by atoms with van der Waals surface area (Å²) in [5.41, 5.74) is 1.73. The molecule has 1 N–H and O–H groups in total. The summed E-state index contributed by atoms with van der Waals surface area (Å²) in [5, 5.41) is 3.97. The molecule has 4 rings (SSSR count). The molecule has 0 atom stereocenters. The molecule has 120 valence electrons. The van der Waals surface area contributed by atoms with Gasteiger partial charge in [-0.15, -0.1) is 0 Å². The molecule has 0 aliphatic carbocycles. The van der Waals surface area contributed by atoms with E-state index in [4.69, 9.17) is 0 Å². The second-order valence-corrected chi connectivity index (χ2v) is 7.54. The number of nitrogens with zero attached hydrogens (tertiary/aromatic N) is 1. The van der Waals surface area contributed by atoms with E-state index >= 15 is 0 Å². The molecule has 0 saturated heterocycles. The first-order chi connectivity index (χ1) is 11.5. The molecule has 1 aliphatic rings. The summed E-state index contributed by atoms with van der Waals surface area (Å²) in [7, 11) is -2.22. The van der Waals surface area contributed by atoms with Crippen LogP contribution in [0.4, 0.5) is 11.4 Å². The van der Waals surface area contributed by atoms with Crippen molar-refractivity contribution >= 4 is 38.1 Å². The van der Waals surface area contributed by atoms with E-state index in [1.54, 1.807) is 54.6 Å². The molecule has 0 aromatic heterocycles. The van der Waals surface area contributed by atoms with Crippen molar-refractivity contribution in [2.45, 2.75) is 4.90 Å². The zero-order valence-electron chi connectivity index (χ0n) is 12.9. The molecule has 1 heterocycles. The minimum atomic E-state index is -3.75. The smallest absolute Gasteiger partial charge is 0.264 e. The van der Waals surface area contributed by atoms with Gasteiger partial charge in [0, 0.05) is 29.1 Å². The third-order valence-corrected chi connectivity index (χ3v) is 6.10. The van der Waals surface area contributed by atoms with Crippen LogP contribution in [0, 0.1) is 0 Å². The normalized spacial score (nSPS) is 13.1. The Bertz CT molecular complexity index is 1080. The molecule has 0 fully saturated rings.